The van der Waals surface area contributed by atoms with Crippen LogP contribution >= 0.6 is 0 Å². The van der Waals surface area contributed by atoms with Crippen LogP contribution < -0.4 is 10.6 Å². The van der Waals surface area contributed by atoms with Crippen LogP contribution in [0.1, 0.15) is 63.1 Å². The Labute approximate surface area is 202 Å². The van der Waals surface area contributed by atoms with E-state index in [2.05, 4.69) is 35.8 Å². The molecular formula is C27H40F2N2O3. The zero-order chi connectivity index (χ0) is 25.6. The normalized spacial score (nSPS) is 13.4. The summed E-state index contributed by atoms with van der Waals surface area (Å²) in [7, 11) is 0. The van der Waals surface area contributed by atoms with E-state index in [9.17, 15) is 23.8 Å². The van der Waals surface area contributed by atoms with Crippen molar-refractivity contribution in [3.8, 4) is 0 Å². The van der Waals surface area contributed by atoms with E-state index >= 15 is 0 Å². The molecule has 0 bridgehead atoms. The number of carbonyl (C=O) groups excluding carboxylic acids is 1. The largest absolute Gasteiger partial charge is 0.390 e. The molecular weight excluding hydrogens is 438 g/mol. The lowest BCUT2D eigenvalue weighted by atomic mass is 9.91. The van der Waals surface area contributed by atoms with E-state index in [4.69, 9.17) is 0 Å². The maximum atomic E-state index is 12.2. The molecule has 0 aliphatic rings. The average Bonchev–Trinajstić information content (AvgIpc) is 2.77. The monoisotopic (exact) mass is 478 g/mol. The molecule has 0 aliphatic carbocycles. The number of rotatable bonds is 12. The molecule has 0 aliphatic heterocycles. The van der Waals surface area contributed by atoms with Gasteiger partial charge in [0, 0.05) is 25.7 Å². The minimum absolute atomic E-state index is 0.0846. The fourth-order valence-electron chi connectivity index (χ4n) is 3.56. The van der Waals surface area contributed by atoms with Crippen molar-refractivity contribution in [2.75, 3.05) is 13.1 Å². The number of amides is 1. The minimum Gasteiger partial charge on any atom is -0.390 e. The predicted molar refractivity (Wildman–Crippen MR) is 132 cm³/mol. The number of halogens is 2. The Hall–Kier alpha value is -2.35. The van der Waals surface area contributed by atoms with Gasteiger partial charge in [0.05, 0.1) is 18.1 Å². The molecule has 0 saturated carbocycles. The summed E-state index contributed by atoms with van der Waals surface area (Å²) in [6.07, 6.45) is 2.43. The van der Waals surface area contributed by atoms with Gasteiger partial charge in [-0.05, 0) is 55.0 Å². The number of aryl methyl sites for hydroxylation is 2. The zero-order valence-corrected chi connectivity index (χ0v) is 20.8. The summed E-state index contributed by atoms with van der Waals surface area (Å²) in [5.41, 5.74) is 2.14. The Morgan fingerprint density at radius 1 is 1.03 bits per heavy atom. The van der Waals surface area contributed by atoms with Crippen LogP contribution in [0, 0.1) is 18.6 Å². The maximum absolute atomic E-state index is 12.2. The standard InChI is InChI=1S/C20H34N2O3.C7H6F2/c1-4-10-20(25,6-3)12-19(24)22-15-18(23)14-21-13-17-9-7-8-16(5-2)11-17;1-5-2-6(8)4-7(9)3-5/h7-9,11,18,21,23,25H,4-6,10,12-15H2,1-3H3,(H,22,24);2-4H,1H3. The van der Waals surface area contributed by atoms with Crippen molar-refractivity contribution in [2.24, 2.45) is 0 Å². The number of hydrogen-bond acceptors (Lipinski definition) is 4. The topological polar surface area (TPSA) is 81.6 Å². The molecule has 0 spiro atoms. The molecule has 2 rings (SSSR count). The second-order valence-corrected chi connectivity index (χ2v) is 8.71. The third kappa shape index (κ3) is 12.2. The molecule has 0 heterocycles. The molecule has 2 aromatic carbocycles. The van der Waals surface area contributed by atoms with E-state index in [1.807, 2.05) is 19.9 Å². The van der Waals surface area contributed by atoms with Gasteiger partial charge in [0.2, 0.25) is 5.91 Å². The first-order valence-electron chi connectivity index (χ1n) is 12.0. The molecule has 2 atom stereocenters. The lowest BCUT2D eigenvalue weighted by molar-refractivity contribution is -0.127. The molecule has 0 saturated heterocycles. The number of aliphatic hydroxyl groups is 2. The van der Waals surface area contributed by atoms with Crippen molar-refractivity contribution in [3.05, 3.63) is 70.8 Å². The van der Waals surface area contributed by atoms with Crippen molar-refractivity contribution >= 4 is 5.91 Å². The number of hydrogen-bond donors (Lipinski definition) is 4. The van der Waals surface area contributed by atoms with Crippen LogP contribution in [-0.4, -0.2) is 40.9 Å². The molecule has 34 heavy (non-hydrogen) atoms. The van der Waals surface area contributed by atoms with Crippen LogP contribution in [-0.2, 0) is 17.8 Å². The first-order chi connectivity index (χ1) is 16.1. The summed E-state index contributed by atoms with van der Waals surface area (Å²) in [5.74, 6) is -1.26. The lowest BCUT2D eigenvalue weighted by Gasteiger charge is -2.25. The average molecular weight is 479 g/mol. The van der Waals surface area contributed by atoms with E-state index in [0.717, 1.165) is 18.9 Å². The van der Waals surface area contributed by atoms with Gasteiger partial charge in [0.1, 0.15) is 11.6 Å². The molecule has 7 heteroatoms. The van der Waals surface area contributed by atoms with Gasteiger partial charge in [-0.25, -0.2) is 8.78 Å². The van der Waals surface area contributed by atoms with E-state index in [0.29, 0.717) is 31.5 Å². The predicted octanol–water partition coefficient (Wildman–Crippen LogP) is 4.42. The van der Waals surface area contributed by atoms with Gasteiger partial charge in [-0.1, -0.05) is 51.5 Å². The highest BCUT2D eigenvalue weighted by atomic mass is 19.1. The quantitative estimate of drug-likeness (QED) is 0.364. The minimum atomic E-state index is -0.938. The van der Waals surface area contributed by atoms with Crippen LogP contribution in [0.15, 0.2) is 42.5 Å². The Balaban J connectivity index is 0.000000533. The Morgan fingerprint density at radius 2 is 1.68 bits per heavy atom. The Morgan fingerprint density at radius 3 is 2.24 bits per heavy atom. The number of aliphatic hydroxyl groups excluding tert-OH is 1. The summed E-state index contributed by atoms with van der Waals surface area (Å²) in [6, 6.07) is 11.8. The van der Waals surface area contributed by atoms with Crippen LogP contribution in [0.25, 0.3) is 0 Å². The van der Waals surface area contributed by atoms with Crippen molar-refractivity contribution in [1.82, 2.24) is 10.6 Å². The summed E-state index contributed by atoms with van der Waals surface area (Å²) in [5, 5.41) is 26.2. The third-order valence-electron chi connectivity index (χ3n) is 5.51. The number of nitrogens with one attached hydrogen (secondary N) is 2. The smallest absolute Gasteiger partial charge is 0.222 e. The van der Waals surface area contributed by atoms with Crippen LogP contribution in [0.5, 0.6) is 0 Å². The van der Waals surface area contributed by atoms with Crippen molar-refractivity contribution in [3.63, 3.8) is 0 Å². The molecule has 0 fully saturated rings. The molecule has 0 aromatic heterocycles. The number of benzene rings is 2. The van der Waals surface area contributed by atoms with E-state index in [1.54, 1.807) is 6.92 Å². The van der Waals surface area contributed by atoms with Gasteiger partial charge in [0.15, 0.2) is 0 Å². The summed E-state index contributed by atoms with van der Waals surface area (Å²) in [6.45, 7) is 8.92. The van der Waals surface area contributed by atoms with Crippen molar-refractivity contribution in [2.45, 2.75) is 78.0 Å². The van der Waals surface area contributed by atoms with Crippen LogP contribution in [0.4, 0.5) is 8.78 Å². The summed E-state index contributed by atoms with van der Waals surface area (Å²) < 4.78 is 24.4. The second kappa shape index (κ2) is 15.5. The fraction of sp³-hybridized carbons (Fsp3) is 0.519. The van der Waals surface area contributed by atoms with Crippen LogP contribution in [0.3, 0.4) is 0 Å². The van der Waals surface area contributed by atoms with Gasteiger partial charge >= 0.3 is 0 Å². The molecule has 2 unspecified atom stereocenters. The van der Waals surface area contributed by atoms with Gasteiger partial charge < -0.3 is 20.8 Å². The highest BCUT2D eigenvalue weighted by molar-refractivity contribution is 5.77. The lowest BCUT2D eigenvalue weighted by Crippen LogP contribution is -2.41. The Bertz CT molecular complexity index is 828. The Kier molecular flexibility index (Phi) is 13.6. The van der Waals surface area contributed by atoms with Crippen molar-refractivity contribution in [1.29, 1.82) is 0 Å². The first kappa shape index (κ1) is 29.7. The van der Waals surface area contributed by atoms with Crippen molar-refractivity contribution < 1.29 is 23.8 Å². The van der Waals surface area contributed by atoms with E-state index < -0.39 is 23.3 Å². The second-order valence-electron chi connectivity index (χ2n) is 8.71. The van der Waals surface area contributed by atoms with Crippen LogP contribution in [0.2, 0.25) is 0 Å². The van der Waals surface area contributed by atoms with Gasteiger partial charge in [-0.3, -0.25) is 4.79 Å². The SMILES string of the molecule is CCCC(O)(CC)CC(=O)NCC(O)CNCc1cccc(CC)c1.Cc1cc(F)cc(F)c1. The first-order valence-corrected chi connectivity index (χ1v) is 12.0. The fourth-order valence-corrected chi connectivity index (χ4v) is 3.56. The summed E-state index contributed by atoms with van der Waals surface area (Å²) in [4.78, 5) is 12.0. The summed E-state index contributed by atoms with van der Waals surface area (Å²) >= 11 is 0. The maximum Gasteiger partial charge on any atom is 0.222 e. The third-order valence-corrected chi connectivity index (χ3v) is 5.51. The van der Waals surface area contributed by atoms with Gasteiger partial charge in [-0.2, -0.15) is 0 Å². The highest BCUT2D eigenvalue weighted by Gasteiger charge is 2.27. The van der Waals surface area contributed by atoms with E-state index in [-0.39, 0.29) is 18.9 Å². The molecule has 1 amide bonds. The number of carbonyl (C=O) groups is 1. The molecule has 190 valence electrons. The highest BCUT2D eigenvalue weighted by Crippen LogP contribution is 2.21. The molecule has 4 N–H and O–H groups in total. The van der Waals surface area contributed by atoms with Gasteiger partial charge in [0.25, 0.3) is 0 Å². The molecule has 2 aromatic rings. The van der Waals surface area contributed by atoms with Gasteiger partial charge in [-0.15, -0.1) is 0 Å². The van der Waals surface area contributed by atoms with E-state index in [1.165, 1.54) is 23.3 Å². The molecule has 0 radical (unpaired) electrons. The zero-order valence-electron chi connectivity index (χ0n) is 20.8. The molecule has 5 nitrogen and oxygen atoms in total.